The van der Waals surface area contributed by atoms with Crippen molar-refractivity contribution < 1.29 is 105 Å². The summed E-state index contributed by atoms with van der Waals surface area (Å²) in [6.07, 6.45) is 16.8. The molecule has 0 N–H and O–H groups in total. The Bertz CT molecular complexity index is 880. The van der Waals surface area contributed by atoms with E-state index in [2.05, 4.69) is 39.8 Å². The van der Waals surface area contributed by atoms with Crippen molar-refractivity contribution >= 4 is 0 Å². The molecule has 4 aliphatic heterocycles. The molecule has 0 atom stereocenters. The van der Waals surface area contributed by atoms with Gasteiger partial charge in [0.15, 0.2) is 0 Å². The van der Waals surface area contributed by atoms with E-state index in [4.69, 9.17) is 18.9 Å². The van der Waals surface area contributed by atoms with Crippen LogP contribution in [0.1, 0.15) is 162 Å². The van der Waals surface area contributed by atoms with E-state index in [9.17, 15) is 10.2 Å². The molecule has 0 saturated carbocycles. The van der Waals surface area contributed by atoms with Crippen molar-refractivity contribution in [3.8, 4) is 0 Å². The minimum Gasteiger partial charge on any atom is -0.848 e. The molecule has 6 nitrogen and oxygen atoms in total. The minimum atomic E-state index is -1.02. The molecular formula is C44H80Li4O6. The first-order valence-electron chi connectivity index (χ1n) is 19.7. The van der Waals surface area contributed by atoms with E-state index in [-0.39, 0.29) is 108 Å². The number of hydrogen-bond donors (Lipinski definition) is 0. The van der Waals surface area contributed by atoms with Crippen molar-refractivity contribution in [3.05, 3.63) is 23.3 Å². The van der Waals surface area contributed by atoms with Gasteiger partial charge in [0.1, 0.15) is 0 Å². The van der Waals surface area contributed by atoms with Crippen molar-refractivity contribution in [1.82, 2.24) is 0 Å². The van der Waals surface area contributed by atoms with Crippen LogP contribution in [-0.4, -0.2) is 64.1 Å². The zero-order chi connectivity index (χ0) is 38.7. The monoisotopic (exact) mass is 733 g/mol. The smallest absolute Gasteiger partial charge is 0.848 e. The van der Waals surface area contributed by atoms with Gasteiger partial charge in [-0.3, -0.25) is 11.1 Å². The Labute approximate surface area is 383 Å². The van der Waals surface area contributed by atoms with Gasteiger partial charge in [0.2, 0.25) is 0 Å². The fourth-order valence-electron chi connectivity index (χ4n) is 7.41. The van der Waals surface area contributed by atoms with Crippen LogP contribution in [0.5, 0.6) is 0 Å². The van der Waals surface area contributed by atoms with Crippen molar-refractivity contribution in [2.75, 3.05) is 52.9 Å². The third-order valence-electron chi connectivity index (χ3n) is 10.2. The maximum atomic E-state index is 13.2. The quantitative estimate of drug-likeness (QED) is 0.224. The maximum absolute atomic E-state index is 13.2. The van der Waals surface area contributed by atoms with E-state index in [1.165, 1.54) is 51.4 Å². The molecule has 6 aliphatic rings. The van der Waals surface area contributed by atoms with Gasteiger partial charge >= 0.3 is 75.4 Å². The molecule has 296 valence electrons. The summed E-state index contributed by atoms with van der Waals surface area (Å²) in [5.74, 6) is 0. The molecule has 4 heterocycles. The zero-order valence-electron chi connectivity index (χ0n) is 39.8. The standard InChI is InChI=1S/2C14H24O.4C4H8O.4Li/c2*1-11(2,3)14(15,12(4,5)6)10-9-13(10,7)8;4*1-2-4-5-3-1;;;;/h2*1-8H3;4*1-4H2;;;;/q2*-2;;;;;4*+1. The Hall–Kier alpha value is 1.63. The summed E-state index contributed by atoms with van der Waals surface area (Å²) in [5, 5.41) is 26.4. The predicted molar refractivity (Wildman–Crippen MR) is 205 cm³/mol. The van der Waals surface area contributed by atoms with E-state index in [1.54, 1.807) is 0 Å². The SMILES string of the molecule is C1CCOC1.C1CCOC1.C1CCOC1.C1CCOC1.CC1(C)[C-]=C1C([O-])(C(C)(C)C)C(C)(C)C.CC1(C)[C-]=C1C([O-])(C(C)(C)C)C(C)(C)C.[Li+].[Li+].[Li+].[Li+]. The molecule has 2 aliphatic carbocycles. The molecule has 6 rings (SSSR count). The fourth-order valence-corrected chi connectivity index (χ4v) is 7.41. The summed E-state index contributed by atoms with van der Waals surface area (Å²) >= 11 is 0. The molecule has 4 saturated heterocycles. The Morgan fingerprint density at radius 1 is 0.370 bits per heavy atom. The summed E-state index contributed by atoms with van der Waals surface area (Å²) in [5.41, 5.74) is -1.38. The Kier molecular flexibility index (Phi) is 30.1. The number of allylic oxidation sites excluding steroid dienone is 2. The number of rotatable bonds is 2. The van der Waals surface area contributed by atoms with Crippen LogP contribution in [0.25, 0.3) is 0 Å². The van der Waals surface area contributed by atoms with Crippen molar-refractivity contribution in [2.45, 2.75) is 173 Å². The summed E-state index contributed by atoms with van der Waals surface area (Å²) in [6, 6.07) is 0. The molecule has 10 heteroatoms. The molecule has 0 radical (unpaired) electrons. The first-order chi connectivity index (χ1) is 22.7. The van der Waals surface area contributed by atoms with E-state index >= 15 is 0 Å². The second kappa shape index (κ2) is 26.1. The number of ether oxygens (including phenoxy) is 4. The molecule has 4 fully saturated rings. The Morgan fingerprint density at radius 3 is 0.537 bits per heavy atom. The van der Waals surface area contributed by atoms with Gasteiger partial charge in [-0.15, -0.1) is 11.2 Å². The zero-order valence-corrected chi connectivity index (χ0v) is 39.8. The normalized spacial score (nSPS) is 20.7. The number of hydrogen-bond acceptors (Lipinski definition) is 6. The van der Waals surface area contributed by atoms with Crippen LogP contribution in [0.2, 0.25) is 0 Å². The third-order valence-corrected chi connectivity index (χ3v) is 10.2. The van der Waals surface area contributed by atoms with Gasteiger partial charge in [-0.2, -0.15) is 10.8 Å². The summed E-state index contributed by atoms with van der Waals surface area (Å²) in [7, 11) is 0. The molecule has 0 unspecified atom stereocenters. The van der Waals surface area contributed by atoms with Gasteiger partial charge < -0.3 is 41.3 Å². The molecule has 0 spiro atoms. The molecular weight excluding hydrogens is 652 g/mol. The minimum absolute atomic E-state index is 0. The molecule has 0 aromatic carbocycles. The van der Waals surface area contributed by atoms with Gasteiger partial charge in [0.05, 0.1) is 0 Å². The first kappa shape index (κ1) is 62.3. The average molecular weight is 733 g/mol. The second-order valence-electron chi connectivity index (χ2n) is 19.9. The largest absolute Gasteiger partial charge is 1.00 e. The molecule has 0 bridgehead atoms. The van der Waals surface area contributed by atoms with E-state index in [1.807, 2.05) is 83.1 Å². The van der Waals surface area contributed by atoms with Crippen molar-refractivity contribution in [1.29, 1.82) is 0 Å². The molecule has 0 aromatic rings. The molecule has 0 aromatic heterocycles. The molecule has 0 amide bonds. The van der Waals surface area contributed by atoms with Crippen LogP contribution >= 0.6 is 0 Å². The van der Waals surface area contributed by atoms with Gasteiger partial charge in [-0.1, -0.05) is 111 Å². The molecule has 54 heavy (non-hydrogen) atoms. The van der Waals surface area contributed by atoms with Gasteiger partial charge in [0.25, 0.3) is 0 Å². The van der Waals surface area contributed by atoms with Gasteiger partial charge in [0, 0.05) is 52.9 Å². The first-order valence-corrected chi connectivity index (χ1v) is 19.7. The van der Waals surface area contributed by atoms with Gasteiger partial charge in [-0.05, 0) is 73.0 Å². The summed E-state index contributed by atoms with van der Waals surface area (Å²) < 4.78 is 19.8. The maximum Gasteiger partial charge on any atom is 1.00 e. The third kappa shape index (κ3) is 19.3. The van der Waals surface area contributed by atoms with E-state index in [0.717, 1.165) is 64.0 Å². The van der Waals surface area contributed by atoms with Crippen LogP contribution in [-0.2, 0) is 18.9 Å². The Morgan fingerprint density at radius 2 is 0.500 bits per heavy atom. The van der Waals surface area contributed by atoms with E-state index in [0.29, 0.717) is 0 Å². The van der Waals surface area contributed by atoms with Gasteiger partial charge in [-0.25, -0.2) is 0 Å². The van der Waals surface area contributed by atoms with Crippen LogP contribution in [0.15, 0.2) is 11.1 Å². The fraction of sp³-hybridized carbons (Fsp3) is 0.909. The second-order valence-corrected chi connectivity index (χ2v) is 19.9. The summed E-state index contributed by atoms with van der Waals surface area (Å²) in [4.78, 5) is 0. The van der Waals surface area contributed by atoms with Crippen LogP contribution in [0.3, 0.4) is 0 Å². The van der Waals surface area contributed by atoms with E-state index < -0.39 is 11.2 Å². The average Bonchev–Trinajstić information content (AvgIpc) is 3.64. The van der Waals surface area contributed by atoms with Crippen molar-refractivity contribution in [2.24, 2.45) is 32.5 Å². The summed E-state index contributed by atoms with van der Waals surface area (Å²) in [6.45, 7) is 40.7. The van der Waals surface area contributed by atoms with Crippen LogP contribution < -0.4 is 85.7 Å². The topological polar surface area (TPSA) is 83.0 Å². The van der Waals surface area contributed by atoms with Crippen LogP contribution in [0, 0.1) is 44.6 Å². The Balaban J connectivity index is -0.000000294. The predicted octanol–water partition coefficient (Wildman–Crippen LogP) is -2.90. The van der Waals surface area contributed by atoms with Crippen LogP contribution in [0.4, 0.5) is 0 Å². The van der Waals surface area contributed by atoms with Crippen molar-refractivity contribution in [3.63, 3.8) is 0 Å².